The summed E-state index contributed by atoms with van der Waals surface area (Å²) in [4.78, 5) is 22.4. The highest BCUT2D eigenvalue weighted by atomic mass is 16.6. The molecule has 0 aromatic rings. The minimum absolute atomic E-state index is 0.0171. The van der Waals surface area contributed by atoms with Gasteiger partial charge in [-0.2, -0.15) is 0 Å². The lowest BCUT2D eigenvalue weighted by Crippen LogP contribution is -2.42. The maximum atomic E-state index is 11.4. The van der Waals surface area contributed by atoms with E-state index in [2.05, 4.69) is 11.9 Å². The topological polar surface area (TPSA) is 64.6 Å². The second-order valence-electron chi connectivity index (χ2n) is 4.97. The van der Waals surface area contributed by atoms with E-state index >= 15 is 0 Å². The highest BCUT2D eigenvalue weighted by molar-refractivity contribution is 5.86. The number of hydrogen-bond donors (Lipinski definition) is 1. The van der Waals surface area contributed by atoms with Gasteiger partial charge in [0.15, 0.2) is 0 Å². The summed E-state index contributed by atoms with van der Waals surface area (Å²) in [5, 5.41) is 2.64. The average Bonchev–Trinajstić information content (AvgIpc) is 2.10. The first kappa shape index (κ1) is 15.5. The van der Waals surface area contributed by atoms with Crippen molar-refractivity contribution < 1.29 is 19.1 Å². The number of nitrogens with one attached hydrogen (secondary N) is 1. The van der Waals surface area contributed by atoms with Gasteiger partial charge in [-0.15, -0.1) is 0 Å². The molecule has 1 atom stereocenters. The number of alkyl carbamates (subject to hydrolysis) is 1. The van der Waals surface area contributed by atoms with Crippen molar-refractivity contribution in [3.8, 4) is 0 Å². The predicted molar refractivity (Wildman–Crippen MR) is 64.6 cm³/mol. The molecule has 0 radical (unpaired) electrons. The fraction of sp³-hybridized carbons (Fsp3) is 0.667. The zero-order valence-electron chi connectivity index (χ0n) is 11.1. The Kier molecular flexibility index (Phi) is 5.71. The van der Waals surface area contributed by atoms with E-state index in [1.807, 2.05) is 20.8 Å². The molecule has 0 spiro atoms. The quantitative estimate of drug-likeness (QED) is 0.606. The van der Waals surface area contributed by atoms with Crippen LogP contribution in [0.25, 0.3) is 0 Å². The summed E-state index contributed by atoms with van der Waals surface area (Å²) in [6.07, 6.45) is -1.03. The summed E-state index contributed by atoms with van der Waals surface area (Å²) in [7, 11) is 0. The molecule has 0 aliphatic carbocycles. The third-order valence-electron chi connectivity index (χ3n) is 1.58. The number of carbonyl (C=O) groups excluding carboxylic acids is 2. The summed E-state index contributed by atoms with van der Waals surface area (Å²) in [6, 6.07) is 0. The number of hydrogen-bond acceptors (Lipinski definition) is 4. The zero-order chi connectivity index (χ0) is 13.6. The molecule has 0 fully saturated rings. The lowest BCUT2D eigenvalue weighted by atomic mass is 10.1. The van der Waals surface area contributed by atoms with Crippen molar-refractivity contribution in [2.45, 2.75) is 46.3 Å². The molecule has 0 heterocycles. The summed E-state index contributed by atoms with van der Waals surface area (Å²) in [5.74, 6) is -0.489. The molecular weight excluding hydrogens is 222 g/mol. The standard InChI is InChI=1S/C12H21NO4/c1-8(2)10(14)16-7-9(3)17-11(15)13-12(4,5)6/h9H,1,7H2,2-6H3,(H,13,15). The number of carbonyl (C=O) groups is 2. The molecule has 0 saturated heterocycles. The van der Waals surface area contributed by atoms with E-state index in [1.165, 1.54) is 0 Å². The number of esters is 1. The molecule has 0 aromatic carbocycles. The Balaban J connectivity index is 3.94. The van der Waals surface area contributed by atoms with Gasteiger partial charge >= 0.3 is 12.1 Å². The number of ether oxygens (including phenoxy) is 2. The van der Waals surface area contributed by atoms with Crippen LogP contribution in [0.15, 0.2) is 12.2 Å². The van der Waals surface area contributed by atoms with Gasteiger partial charge in [-0.1, -0.05) is 6.58 Å². The van der Waals surface area contributed by atoms with Gasteiger partial charge < -0.3 is 14.8 Å². The highest BCUT2D eigenvalue weighted by Crippen LogP contribution is 2.02. The Morgan fingerprint density at radius 2 is 1.88 bits per heavy atom. The Bertz CT molecular complexity index is 304. The summed E-state index contributed by atoms with van der Waals surface area (Å²) >= 11 is 0. The van der Waals surface area contributed by atoms with Crippen LogP contribution in [0.5, 0.6) is 0 Å². The summed E-state index contributed by atoms with van der Waals surface area (Å²) < 4.78 is 9.85. The smallest absolute Gasteiger partial charge is 0.407 e. The largest absolute Gasteiger partial charge is 0.458 e. The van der Waals surface area contributed by atoms with Gasteiger partial charge in [0.25, 0.3) is 0 Å². The molecular formula is C12H21NO4. The highest BCUT2D eigenvalue weighted by Gasteiger charge is 2.17. The molecule has 0 aromatic heterocycles. The predicted octanol–water partition coefficient (Wildman–Crippen LogP) is 2.02. The molecule has 1 amide bonds. The van der Waals surface area contributed by atoms with Crippen molar-refractivity contribution in [3.05, 3.63) is 12.2 Å². The van der Waals surface area contributed by atoms with E-state index in [0.717, 1.165) is 0 Å². The first-order valence-electron chi connectivity index (χ1n) is 5.43. The molecule has 5 nitrogen and oxygen atoms in total. The van der Waals surface area contributed by atoms with Crippen LogP contribution in [-0.2, 0) is 14.3 Å². The molecule has 5 heteroatoms. The molecule has 0 saturated carbocycles. The van der Waals surface area contributed by atoms with Crippen molar-refractivity contribution in [2.24, 2.45) is 0 Å². The normalized spacial score (nSPS) is 12.5. The Labute approximate surface area is 102 Å². The summed E-state index contributed by atoms with van der Waals surface area (Å²) in [6.45, 7) is 12.2. The summed E-state index contributed by atoms with van der Waals surface area (Å²) in [5.41, 5.74) is -0.0399. The van der Waals surface area contributed by atoms with Gasteiger partial charge in [0.2, 0.25) is 0 Å². The zero-order valence-corrected chi connectivity index (χ0v) is 11.1. The molecule has 1 unspecified atom stereocenters. The van der Waals surface area contributed by atoms with Crippen LogP contribution < -0.4 is 5.32 Å². The first-order chi connectivity index (χ1) is 7.61. The van der Waals surface area contributed by atoms with Crippen molar-refractivity contribution in [1.82, 2.24) is 5.32 Å². The van der Waals surface area contributed by atoms with Gasteiger partial charge in [0.1, 0.15) is 12.7 Å². The number of rotatable bonds is 4. The second kappa shape index (κ2) is 6.27. The third-order valence-corrected chi connectivity index (χ3v) is 1.58. The Hall–Kier alpha value is -1.52. The molecule has 0 aliphatic heterocycles. The van der Waals surface area contributed by atoms with E-state index in [1.54, 1.807) is 13.8 Å². The van der Waals surface area contributed by atoms with Crippen LogP contribution in [0.2, 0.25) is 0 Å². The van der Waals surface area contributed by atoms with Crippen molar-refractivity contribution in [2.75, 3.05) is 6.61 Å². The van der Waals surface area contributed by atoms with Crippen LogP contribution in [0, 0.1) is 0 Å². The SMILES string of the molecule is C=C(C)C(=O)OCC(C)OC(=O)NC(C)(C)C. The van der Waals surface area contributed by atoms with E-state index < -0.39 is 18.2 Å². The van der Waals surface area contributed by atoms with E-state index in [9.17, 15) is 9.59 Å². The monoisotopic (exact) mass is 243 g/mol. The first-order valence-corrected chi connectivity index (χ1v) is 5.43. The van der Waals surface area contributed by atoms with Crippen molar-refractivity contribution in [3.63, 3.8) is 0 Å². The van der Waals surface area contributed by atoms with Crippen LogP contribution in [0.4, 0.5) is 4.79 Å². The van der Waals surface area contributed by atoms with Gasteiger partial charge in [-0.25, -0.2) is 9.59 Å². The molecule has 0 rings (SSSR count). The van der Waals surface area contributed by atoms with Crippen LogP contribution >= 0.6 is 0 Å². The maximum Gasteiger partial charge on any atom is 0.407 e. The van der Waals surface area contributed by atoms with E-state index in [0.29, 0.717) is 5.57 Å². The lowest BCUT2D eigenvalue weighted by Gasteiger charge is -2.22. The van der Waals surface area contributed by atoms with Crippen LogP contribution in [0.1, 0.15) is 34.6 Å². The van der Waals surface area contributed by atoms with Crippen LogP contribution in [0.3, 0.4) is 0 Å². The van der Waals surface area contributed by atoms with Gasteiger partial charge in [-0.05, 0) is 34.6 Å². The Morgan fingerprint density at radius 3 is 2.29 bits per heavy atom. The molecule has 0 aliphatic rings. The molecule has 1 N–H and O–H groups in total. The van der Waals surface area contributed by atoms with E-state index in [-0.39, 0.29) is 12.1 Å². The van der Waals surface area contributed by atoms with E-state index in [4.69, 9.17) is 9.47 Å². The third kappa shape index (κ3) is 8.30. The van der Waals surface area contributed by atoms with Gasteiger partial charge in [0, 0.05) is 11.1 Å². The van der Waals surface area contributed by atoms with Gasteiger partial charge in [0.05, 0.1) is 0 Å². The maximum absolute atomic E-state index is 11.4. The van der Waals surface area contributed by atoms with Crippen molar-refractivity contribution >= 4 is 12.1 Å². The molecule has 0 bridgehead atoms. The molecule has 98 valence electrons. The molecule has 17 heavy (non-hydrogen) atoms. The lowest BCUT2D eigenvalue weighted by molar-refractivity contribution is -0.141. The van der Waals surface area contributed by atoms with Crippen LogP contribution in [-0.4, -0.2) is 30.3 Å². The number of amides is 1. The van der Waals surface area contributed by atoms with Crippen molar-refractivity contribution in [1.29, 1.82) is 0 Å². The Morgan fingerprint density at radius 1 is 1.35 bits per heavy atom. The minimum atomic E-state index is -0.531. The van der Waals surface area contributed by atoms with Gasteiger partial charge in [-0.3, -0.25) is 0 Å². The average molecular weight is 243 g/mol. The minimum Gasteiger partial charge on any atom is -0.458 e. The fourth-order valence-electron chi connectivity index (χ4n) is 0.869. The fourth-order valence-corrected chi connectivity index (χ4v) is 0.869. The second-order valence-corrected chi connectivity index (χ2v) is 4.97.